The van der Waals surface area contributed by atoms with Crippen molar-refractivity contribution in [3.63, 3.8) is 0 Å². The molecule has 1 atom stereocenters. The molecule has 1 aromatic rings. The van der Waals surface area contributed by atoms with E-state index in [1.165, 1.54) is 12.1 Å². The number of hydrogen-bond acceptors (Lipinski definition) is 4. The lowest BCUT2D eigenvalue weighted by Gasteiger charge is -2.35. The molecule has 1 heterocycles. The lowest BCUT2D eigenvalue weighted by Crippen LogP contribution is -2.47. The number of hydrogen-bond donors (Lipinski definition) is 1. The van der Waals surface area contributed by atoms with Crippen molar-refractivity contribution < 1.29 is 13.2 Å². The van der Waals surface area contributed by atoms with Crippen LogP contribution < -0.4 is 5.73 Å². The molecule has 1 aliphatic heterocycles. The minimum atomic E-state index is -3.23. The monoisotopic (exact) mass is 310 g/mol. The molecule has 1 unspecified atom stereocenters. The number of rotatable bonds is 4. The Labute approximate surface area is 126 Å². The summed E-state index contributed by atoms with van der Waals surface area (Å²) < 4.78 is 23.5. The van der Waals surface area contributed by atoms with E-state index < -0.39 is 9.84 Å². The quantitative estimate of drug-likeness (QED) is 0.912. The molecule has 21 heavy (non-hydrogen) atoms. The predicted molar refractivity (Wildman–Crippen MR) is 81.9 cm³/mol. The van der Waals surface area contributed by atoms with Gasteiger partial charge >= 0.3 is 0 Å². The molecule has 1 aliphatic rings. The average Bonchev–Trinajstić information content (AvgIpc) is 2.54. The maximum atomic E-state index is 12.5. The molecule has 0 aromatic heterocycles. The Morgan fingerprint density at radius 1 is 1.29 bits per heavy atom. The van der Waals surface area contributed by atoms with Crippen LogP contribution in [-0.4, -0.2) is 44.1 Å². The molecule has 0 saturated carbocycles. The number of amides is 1. The van der Waals surface area contributed by atoms with Crippen molar-refractivity contribution in [1.29, 1.82) is 0 Å². The molecule has 116 valence electrons. The number of carbonyl (C=O) groups is 1. The summed E-state index contributed by atoms with van der Waals surface area (Å²) in [5.74, 6) is -0.00705. The van der Waals surface area contributed by atoms with Crippen molar-refractivity contribution in [1.82, 2.24) is 4.90 Å². The van der Waals surface area contributed by atoms with Gasteiger partial charge in [0.15, 0.2) is 9.84 Å². The fourth-order valence-electron chi connectivity index (χ4n) is 2.65. The van der Waals surface area contributed by atoms with Gasteiger partial charge < -0.3 is 10.6 Å². The summed E-state index contributed by atoms with van der Waals surface area (Å²) in [7, 11) is -3.23. The molecule has 0 bridgehead atoms. The fraction of sp³-hybridized carbons (Fsp3) is 0.533. The normalized spacial score (nSPS) is 19.5. The summed E-state index contributed by atoms with van der Waals surface area (Å²) >= 11 is 0. The third kappa shape index (κ3) is 3.44. The molecule has 2 N–H and O–H groups in total. The van der Waals surface area contributed by atoms with E-state index in [0.29, 0.717) is 12.1 Å². The molecule has 0 aliphatic carbocycles. The second kappa shape index (κ2) is 6.58. The minimum absolute atomic E-state index is 0.0572. The highest BCUT2D eigenvalue weighted by Crippen LogP contribution is 2.20. The number of benzene rings is 1. The Morgan fingerprint density at radius 2 is 1.95 bits per heavy atom. The van der Waals surface area contributed by atoms with Crippen LogP contribution in [0, 0.1) is 0 Å². The van der Waals surface area contributed by atoms with E-state index in [0.717, 1.165) is 25.8 Å². The van der Waals surface area contributed by atoms with Crippen molar-refractivity contribution in [3.8, 4) is 0 Å². The van der Waals surface area contributed by atoms with Gasteiger partial charge in [0.25, 0.3) is 5.91 Å². The van der Waals surface area contributed by atoms with Gasteiger partial charge in [-0.05, 0) is 43.5 Å². The van der Waals surface area contributed by atoms with Crippen LogP contribution in [0.1, 0.15) is 36.5 Å². The second-order valence-corrected chi connectivity index (χ2v) is 7.59. The first-order chi connectivity index (χ1) is 9.99. The van der Waals surface area contributed by atoms with Crippen molar-refractivity contribution in [2.75, 3.05) is 18.8 Å². The zero-order valence-electron chi connectivity index (χ0n) is 12.3. The Balaban J connectivity index is 2.20. The van der Waals surface area contributed by atoms with Crippen LogP contribution >= 0.6 is 0 Å². The molecular weight excluding hydrogens is 288 g/mol. The number of sulfone groups is 1. The molecule has 1 saturated heterocycles. The van der Waals surface area contributed by atoms with E-state index >= 15 is 0 Å². The van der Waals surface area contributed by atoms with Gasteiger partial charge in [0.05, 0.1) is 10.6 Å². The summed E-state index contributed by atoms with van der Waals surface area (Å²) in [5, 5.41) is 0. The van der Waals surface area contributed by atoms with Crippen LogP contribution in [0.5, 0.6) is 0 Å². The summed E-state index contributed by atoms with van der Waals surface area (Å²) in [6.45, 7) is 2.79. The van der Waals surface area contributed by atoms with Gasteiger partial charge in [0, 0.05) is 24.7 Å². The predicted octanol–water partition coefficient (Wildman–Crippen LogP) is 1.43. The first-order valence-electron chi connectivity index (χ1n) is 7.33. The largest absolute Gasteiger partial charge is 0.334 e. The summed E-state index contributed by atoms with van der Waals surface area (Å²) in [4.78, 5) is 14.6. The van der Waals surface area contributed by atoms with Crippen LogP contribution in [0.4, 0.5) is 0 Å². The molecule has 0 radical (unpaired) electrons. The van der Waals surface area contributed by atoms with E-state index in [2.05, 4.69) is 0 Å². The van der Waals surface area contributed by atoms with E-state index in [9.17, 15) is 13.2 Å². The zero-order valence-corrected chi connectivity index (χ0v) is 13.1. The molecule has 1 amide bonds. The van der Waals surface area contributed by atoms with Gasteiger partial charge in [-0.15, -0.1) is 0 Å². The fourth-order valence-corrected chi connectivity index (χ4v) is 3.53. The topological polar surface area (TPSA) is 80.5 Å². The van der Waals surface area contributed by atoms with Crippen LogP contribution in [0.2, 0.25) is 0 Å². The molecule has 0 spiro atoms. The lowest BCUT2D eigenvalue weighted by atomic mass is 10.0. The smallest absolute Gasteiger partial charge is 0.254 e. The van der Waals surface area contributed by atoms with Gasteiger partial charge in [0.2, 0.25) is 0 Å². The van der Waals surface area contributed by atoms with E-state index in [4.69, 9.17) is 5.73 Å². The number of likely N-dealkylation sites (tertiary alicyclic amines) is 1. The highest BCUT2D eigenvalue weighted by atomic mass is 32.2. The van der Waals surface area contributed by atoms with Crippen LogP contribution in [0.25, 0.3) is 0 Å². The van der Waals surface area contributed by atoms with Crippen molar-refractivity contribution in [2.45, 2.75) is 37.1 Å². The SMILES string of the molecule is CCS(=O)(=O)c1ccc(C(=O)N2CCCCC2CN)cc1. The van der Waals surface area contributed by atoms with E-state index in [1.807, 2.05) is 4.90 Å². The molecule has 6 heteroatoms. The second-order valence-electron chi connectivity index (χ2n) is 5.31. The lowest BCUT2D eigenvalue weighted by molar-refractivity contribution is 0.0623. The molecule has 5 nitrogen and oxygen atoms in total. The molecular formula is C15H22N2O3S. The Kier molecular flexibility index (Phi) is 5.00. The third-order valence-electron chi connectivity index (χ3n) is 4.00. The van der Waals surface area contributed by atoms with Crippen molar-refractivity contribution in [2.24, 2.45) is 5.73 Å². The molecule has 1 fully saturated rings. The molecule has 2 rings (SSSR count). The van der Waals surface area contributed by atoms with Crippen LogP contribution in [0.3, 0.4) is 0 Å². The van der Waals surface area contributed by atoms with Gasteiger partial charge in [-0.2, -0.15) is 0 Å². The van der Waals surface area contributed by atoms with Crippen molar-refractivity contribution >= 4 is 15.7 Å². The summed E-state index contributed by atoms with van der Waals surface area (Å²) in [5.41, 5.74) is 6.25. The summed E-state index contributed by atoms with van der Waals surface area (Å²) in [6.07, 6.45) is 3.02. The molecule has 1 aromatic carbocycles. The van der Waals surface area contributed by atoms with Crippen LogP contribution in [-0.2, 0) is 9.84 Å². The minimum Gasteiger partial charge on any atom is -0.334 e. The van der Waals surface area contributed by atoms with Gasteiger partial charge in [0.1, 0.15) is 0 Å². The third-order valence-corrected chi connectivity index (χ3v) is 5.75. The van der Waals surface area contributed by atoms with Gasteiger partial charge in [-0.3, -0.25) is 4.79 Å². The average molecular weight is 310 g/mol. The van der Waals surface area contributed by atoms with E-state index in [-0.39, 0.29) is 22.6 Å². The number of nitrogens with zero attached hydrogens (tertiary/aromatic N) is 1. The summed E-state index contributed by atoms with van der Waals surface area (Å²) in [6, 6.07) is 6.28. The first-order valence-corrected chi connectivity index (χ1v) is 8.98. The zero-order chi connectivity index (χ0) is 15.5. The standard InChI is InChI=1S/C15H22N2O3S/c1-2-21(19,20)14-8-6-12(7-9-14)15(18)17-10-4-3-5-13(17)11-16/h6-9,13H,2-5,10-11,16H2,1H3. The van der Waals surface area contributed by atoms with Gasteiger partial charge in [-0.25, -0.2) is 8.42 Å². The number of carbonyl (C=O) groups excluding carboxylic acids is 1. The Hall–Kier alpha value is -1.40. The Morgan fingerprint density at radius 3 is 2.52 bits per heavy atom. The highest BCUT2D eigenvalue weighted by molar-refractivity contribution is 7.91. The Bertz CT molecular complexity index is 596. The van der Waals surface area contributed by atoms with Crippen molar-refractivity contribution in [3.05, 3.63) is 29.8 Å². The van der Waals surface area contributed by atoms with E-state index in [1.54, 1.807) is 19.1 Å². The first kappa shape index (κ1) is 16.0. The number of piperidine rings is 1. The van der Waals surface area contributed by atoms with Gasteiger partial charge in [-0.1, -0.05) is 6.92 Å². The highest BCUT2D eigenvalue weighted by Gasteiger charge is 2.26. The maximum absolute atomic E-state index is 12.5. The number of nitrogens with two attached hydrogens (primary N) is 1. The maximum Gasteiger partial charge on any atom is 0.254 e. The van der Waals surface area contributed by atoms with Crippen LogP contribution in [0.15, 0.2) is 29.2 Å².